The van der Waals surface area contributed by atoms with E-state index in [0.717, 1.165) is 0 Å². The van der Waals surface area contributed by atoms with Gasteiger partial charge in [-0.15, -0.1) is 11.6 Å². The molecule has 1 aromatic carbocycles. The van der Waals surface area contributed by atoms with E-state index in [1.165, 1.54) is 19.1 Å². The average Bonchev–Trinajstić information content (AvgIpc) is 2.28. The molecule has 0 fully saturated rings. The van der Waals surface area contributed by atoms with Gasteiger partial charge in [0.2, 0.25) is 0 Å². The maximum atomic E-state index is 10.7. The fraction of sp³-hybridized carbons (Fsp3) is 0.300. The van der Waals surface area contributed by atoms with Crippen LogP contribution in [0.1, 0.15) is 12.5 Å². The summed E-state index contributed by atoms with van der Waals surface area (Å²) in [4.78, 5) is 10.1. The lowest BCUT2D eigenvalue weighted by molar-refractivity contribution is -0.386. The molecule has 0 N–H and O–H groups in total. The van der Waals surface area contributed by atoms with Gasteiger partial charge in [-0.2, -0.15) is 5.26 Å². The summed E-state index contributed by atoms with van der Waals surface area (Å²) in [6.45, 7) is 1.51. The Kier molecular flexibility index (Phi) is 4.09. The lowest BCUT2D eigenvalue weighted by Crippen LogP contribution is -2.09. The summed E-state index contributed by atoms with van der Waals surface area (Å²) in [7, 11) is 0. The van der Waals surface area contributed by atoms with Crippen molar-refractivity contribution in [2.45, 2.75) is 18.9 Å². The predicted molar refractivity (Wildman–Crippen MR) is 58.4 cm³/mol. The molecule has 0 spiro atoms. The van der Waals surface area contributed by atoms with E-state index in [-0.39, 0.29) is 17.3 Å². The van der Waals surface area contributed by atoms with E-state index >= 15 is 0 Å². The van der Waals surface area contributed by atoms with Crippen molar-refractivity contribution in [1.29, 1.82) is 5.26 Å². The molecular formula is C10H9ClN2O3. The lowest BCUT2D eigenvalue weighted by atomic mass is 10.2. The summed E-state index contributed by atoms with van der Waals surface area (Å²) in [6.07, 6.45) is -0.746. The smallest absolute Gasteiger partial charge is 0.310 e. The van der Waals surface area contributed by atoms with Crippen LogP contribution >= 0.6 is 11.6 Å². The Balaban J connectivity index is 3.11. The van der Waals surface area contributed by atoms with Gasteiger partial charge >= 0.3 is 5.69 Å². The molecule has 0 saturated carbocycles. The minimum Gasteiger partial charge on any atom is -0.469 e. The molecule has 0 aliphatic rings. The number of rotatable bonds is 4. The van der Waals surface area contributed by atoms with Gasteiger partial charge in [0.15, 0.2) is 11.9 Å². The first-order valence-corrected chi connectivity index (χ1v) is 5.01. The molecular weight excluding hydrogens is 232 g/mol. The molecule has 0 aliphatic heterocycles. The van der Waals surface area contributed by atoms with Crippen molar-refractivity contribution in [2.75, 3.05) is 0 Å². The van der Waals surface area contributed by atoms with Crippen LogP contribution in [0.2, 0.25) is 0 Å². The number of benzene rings is 1. The lowest BCUT2D eigenvalue weighted by Gasteiger charge is -2.08. The van der Waals surface area contributed by atoms with Crippen LogP contribution in [0.4, 0.5) is 5.69 Å². The highest BCUT2D eigenvalue weighted by Crippen LogP contribution is 2.29. The van der Waals surface area contributed by atoms with Crippen LogP contribution in [0.25, 0.3) is 0 Å². The van der Waals surface area contributed by atoms with Crippen molar-refractivity contribution in [3.05, 3.63) is 33.9 Å². The molecule has 0 bridgehead atoms. The number of halogens is 1. The molecule has 0 aliphatic carbocycles. The molecule has 1 unspecified atom stereocenters. The number of ether oxygens (including phenoxy) is 1. The quantitative estimate of drug-likeness (QED) is 0.460. The van der Waals surface area contributed by atoms with Crippen LogP contribution in [0.5, 0.6) is 5.75 Å². The van der Waals surface area contributed by atoms with Crippen LogP contribution in [0.15, 0.2) is 18.2 Å². The molecule has 0 saturated heterocycles. The van der Waals surface area contributed by atoms with E-state index in [1.807, 2.05) is 6.07 Å². The van der Waals surface area contributed by atoms with Crippen LogP contribution in [0, 0.1) is 21.4 Å². The van der Waals surface area contributed by atoms with Gasteiger partial charge in [-0.05, 0) is 18.6 Å². The number of hydrogen-bond donors (Lipinski definition) is 0. The van der Waals surface area contributed by atoms with E-state index in [2.05, 4.69) is 0 Å². The Morgan fingerprint density at radius 3 is 2.88 bits per heavy atom. The molecule has 5 nitrogen and oxygen atoms in total. The molecule has 1 rings (SSSR count). The normalized spacial score (nSPS) is 11.6. The third-order valence-corrected chi connectivity index (χ3v) is 2.17. The van der Waals surface area contributed by atoms with Gasteiger partial charge in [-0.25, -0.2) is 0 Å². The van der Waals surface area contributed by atoms with Gasteiger partial charge < -0.3 is 4.74 Å². The zero-order valence-corrected chi connectivity index (χ0v) is 9.27. The van der Waals surface area contributed by atoms with Crippen molar-refractivity contribution in [2.24, 2.45) is 0 Å². The SMILES string of the molecule is CC(C#N)Oc1cc(CCl)ccc1[N+](=O)[O-]. The summed E-state index contributed by atoms with van der Waals surface area (Å²) >= 11 is 5.61. The molecule has 16 heavy (non-hydrogen) atoms. The minimum atomic E-state index is -0.746. The third-order valence-electron chi connectivity index (χ3n) is 1.86. The third kappa shape index (κ3) is 2.84. The summed E-state index contributed by atoms with van der Waals surface area (Å²) < 4.78 is 5.14. The Labute approximate surface area is 97.4 Å². The van der Waals surface area contributed by atoms with Gasteiger partial charge in [-0.1, -0.05) is 6.07 Å². The van der Waals surface area contributed by atoms with E-state index in [1.54, 1.807) is 6.07 Å². The van der Waals surface area contributed by atoms with Crippen LogP contribution in [-0.2, 0) is 5.88 Å². The highest BCUT2D eigenvalue weighted by molar-refractivity contribution is 6.17. The fourth-order valence-corrected chi connectivity index (χ4v) is 1.27. The Hall–Kier alpha value is -1.80. The number of nitro groups is 1. The molecule has 0 radical (unpaired) electrons. The number of alkyl halides is 1. The first kappa shape index (κ1) is 12.3. The van der Waals surface area contributed by atoms with Crippen LogP contribution < -0.4 is 4.74 Å². The summed E-state index contributed by atoms with van der Waals surface area (Å²) in [5.41, 5.74) is 0.531. The van der Waals surface area contributed by atoms with Gasteiger partial charge in [0.05, 0.1) is 4.92 Å². The molecule has 0 heterocycles. The van der Waals surface area contributed by atoms with E-state index in [0.29, 0.717) is 5.56 Å². The topological polar surface area (TPSA) is 76.2 Å². The minimum absolute atomic E-state index is 0.0669. The van der Waals surface area contributed by atoms with Gasteiger partial charge in [-0.3, -0.25) is 10.1 Å². The van der Waals surface area contributed by atoms with E-state index in [4.69, 9.17) is 21.6 Å². The van der Waals surface area contributed by atoms with E-state index < -0.39 is 11.0 Å². The monoisotopic (exact) mass is 240 g/mol. The Bertz CT molecular complexity index is 442. The predicted octanol–water partition coefficient (Wildman–Crippen LogP) is 2.62. The molecule has 0 amide bonds. The Morgan fingerprint density at radius 2 is 2.38 bits per heavy atom. The molecule has 1 atom stereocenters. The Morgan fingerprint density at radius 1 is 1.69 bits per heavy atom. The first-order chi connectivity index (χ1) is 7.58. The number of nitro benzene ring substituents is 1. The number of nitriles is 1. The van der Waals surface area contributed by atoms with E-state index in [9.17, 15) is 10.1 Å². The zero-order chi connectivity index (χ0) is 12.1. The second kappa shape index (κ2) is 5.33. The standard InChI is InChI=1S/C10H9ClN2O3/c1-7(6-12)16-10-4-8(5-11)2-3-9(10)13(14)15/h2-4,7H,5H2,1H3. The van der Waals surface area contributed by atoms with Gasteiger partial charge in [0.1, 0.15) is 6.07 Å². The van der Waals surface area contributed by atoms with Crippen molar-refractivity contribution < 1.29 is 9.66 Å². The highest BCUT2D eigenvalue weighted by Gasteiger charge is 2.17. The molecule has 84 valence electrons. The molecule has 0 aromatic heterocycles. The average molecular weight is 241 g/mol. The zero-order valence-electron chi connectivity index (χ0n) is 8.51. The second-order valence-electron chi connectivity index (χ2n) is 3.08. The summed E-state index contributed by atoms with van der Waals surface area (Å²) in [6, 6.07) is 6.18. The van der Waals surface area contributed by atoms with Gasteiger partial charge in [0, 0.05) is 11.9 Å². The van der Waals surface area contributed by atoms with Crippen molar-refractivity contribution >= 4 is 17.3 Å². The van der Waals surface area contributed by atoms with Crippen molar-refractivity contribution in [1.82, 2.24) is 0 Å². The second-order valence-corrected chi connectivity index (χ2v) is 3.35. The number of hydrogen-bond acceptors (Lipinski definition) is 4. The molecule has 6 heteroatoms. The maximum Gasteiger partial charge on any atom is 0.310 e. The van der Waals surface area contributed by atoms with Crippen LogP contribution in [0.3, 0.4) is 0 Å². The number of nitrogens with zero attached hydrogens (tertiary/aromatic N) is 2. The largest absolute Gasteiger partial charge is 0.469 e. The molecule has 1 aromatic rings. The van der Waals surface area contributed by atoms with Gasteiger partial charge in [0.25, 0.3) is 0 Å². The van der Waals surface area contributed by atoms with Crippen molar-refractivity contribution in [3.8, 4) is 11.8 Å². The van der Waals surface area contributed by atoms with Crippen molar-refractivity contribution in [3.63, 3.8) is 0 Å². The summed E-state index contributed by atoms with van der Waals surface area (Å²) in [5.74, 6) is 0.298. The van der Waals surface area contributed by atoms with Crippen LogP contribution in [-0.4, -0.2) is 11.0 Å². The summed E-state index contributed by atoms with van der Waals surface area (Å²) in [5, 5.41) is 19.3. The fourth-order valence-electron chi connectivity index (χ4n) is 1.10. The highest BCUT2D eigenvalue weighted by atomic mass is 35.5. The first-order valence-electron chi connectivity index (χ1n) is 4.48. The maximum absolute atomic E-state index is 10.7.